The highest BCUT2D eigenvalue weighted by Gasteiger charge is 2.36. The molecule has 0 saturated carbocycles. The number of methoxy groups -OCH3 is 1. The lowest BCUT2D eigenvalue weighted by atomic mass is 9.98. The number of urea groups is 1. The molecule has 182 valence electrons. The van der Waals surface area contributed by atoms with Crippen molar-refractivity contribution < 1.29 is 28.2 Å². The van der Waals surface area contributed by atoms with Gasteiger partial charge in [0.25, 0.3) is 0 Å². The van der Waals surface area contributed by atoms with E-state index in [1.165, 1.54) is 30.2 Å². The Morgan fingerprint density at radius 3 is 2.66 bits per heavy atom. The third-order valence-electron chi connectivity index (χ3n) is 5.74. The molecule has 0 aromatic heterocycles. The SMILES string of the molecule is COc1c(-c2ccccc2CO)ccc(N2CCC(NC(=O)Nc3ccc(Cl)cc3F)C2=O)c1F. The zero-order valence-corrected chi connectivity index (χ0v) is 19.4. The standard InChI is InChI=1S/C25H22ClF2N3O4/c1-35-23-17(16-5-3-2-4-14(16)13-32)7-9-21(22(23)28)31-11-10-20(24(31)33)30-25(34)29-19-8-6-15(26)12-18(19)27/h2-9,12,20,32H,10-11,13H2,1H3,(H2,29,30,34). The van der Waals surface area contributed by atoms with Gasteiger partial charge >= 0.3 is 6.03 Å². The van der Waals surface area contributed by atoms with Crippen molar-refractivity contribution in [1.82, 2.24) is 5.32 Å². The second-order valence-corrected chi connectivity index (χ2v) is 8.28. The first-order chi connectivity index (χ1) is 16.8. The Morgan fingerprint density at radius 1 is 1.17 bits per heavy atom. The van der Waals surface area contributed by atoms with Crippen molar-refractivity contribution in [3.05, 3.63) is 76.8 Å². The molecule has 4 rings (SSSR count). The largest absolute Gasteiger partial charge is 0.493 e. The Labute approximate surface area is 205 Å². The van der Waals surface area contributed by atoms with Gasteiger partial charge in [0.1, 0.15) is 11.9 Å². The Morgan fingerprint density at radius 2 is 1.94 bits per heavy atom. The van der Waals surface area contributed by atoms with Crippen LogP contribution in [0.25, 0.3) is 11.1 Å². The van der Waals surface area contributed by atoms with Gasteiger partial charge in [0.05, 0.1) is 25.1 Å². The Balaban J connectivity index is 1.53. The highest BCUT2D eigenvalue weighted by molar-refractivity contribution is 6.30. The van der Waals surface area contributed by atoms with Gasteiger partial charge in [-0.2, -0.15) is 0 Å². The number of aliphatic hydroxyl groups excluding tert-OH is 1. The van der Waals surface area contributed by atoms with Crippen LogP contribution >= 0.6 is 11.6 Å². The van der Waals surface area contributed by atoms with E-state index in [-0.39, 0.29) is 41.7 Å². The molecule has 1 fully saturated rings. The van der Waals surface area contributed by atoms with Gasteiger partial charge in [-0.3, -0.25) is 4.79 Å². The summed E-state index contributed by atoms with van der Waals surface area (Å²) in [6.07, 6.45) is 0.228. The van der Waals surface area contributed by atoms with Crippen LogP contribution < -0.4 is 20.3 Å². The second-order valence-electron chi connectivity index (χ2n) is 7.85. The van der Waals surface area contributed by atoms with Crippen molar-refractivity contribution in [2.24, 2.45) is 0 Å². The molecule has 1 atom stereocenters. The van der Waals surface area contributed by atoms with E-state index in [0.717, 1.165) is 6.07 Å². The Kier molecular flexibility index (Phi) is 7.18. The molecule has 0 aliphatic carbocycles. The summed E-state index contributed by atoms with van der Waals surface area (Å²) in [5.41, 5.74) is 1.55. The molecule has 0 bridgehead atoms. The molecule has 1 unspecified atom stereocenters. The minimum absolute atomic E-state index is 0.00512. The van der Waals surface area contributed by atoms with Crippen LogP contribution in [0.4, 0.5) is 25.0 Å². The summed E-state index contributed by atoms with van der Waals surface area (Å²) in [5.74, 6) is -2.03. The smallest absolute Gasteiger partial charge is 0.319 e. The number of aliphatic hydroxyl groups is 1. The van der Waals surface area contributed by atoms with E-state index in [0.29, 0.717) is 16.7 Å². The van der Waals surface area contributed by atoms with Crippen molar-refractivity contribution in [3.63, 3.8) is 0 Å². The predicted molar refractivity (Wildman–Crippen MR) is 129 cm³/mol. The van der Waals surface area contributed by atoms with Crippen LogP contribution in [0.2, 0.25) is 5.02 Å². The molecule has 1 heterocycles. The summed E-state index contributed by atoms with van der Waals surface area (Å²) in [5, 5.41) is 14.7. The summed E-state index contributed by atoms with van der Waals surface area (Å²) in [6.45, 7) is -0.0750. The average molecular weight is 502 g/mol. The first kappa shape index (κ1) is 24.4. The lowest BCUT2D eigenvalue weighted by Crippen LogP contribution is -2.43. The quantitative estimate of drug-likeness (QED) is 0.456. The monoisotopic (exact) mass is 501 g/mol. The number of anilines is 2. The molecule has 7 nitrogen and oxygen atoms in total. The summed E-state index contributed by atoms with van der Waals surface area (Å²) in [7, 11) is 1.32. The number of hydrogen-bond donors (Lipinski definition) is 3. The minimum atomic E-state index is -0.925. The maximum Gasteiger partial charge on any atom is 0.319 e. The van der Waals surface area contributed by atoms with E-state index in [9.17, 15) is 19.1 Å². The fourth-order valence-corrected chi connectivity index (χ4v) is 4.21. The Hall–Kier alpha value is -3.69. The first-order valence-corrected chi connectivity index (χ1v) is 11.1. The number of halogens is 3. The number of hydrogen-bond acceptors (Lipinski definition) is 4. The van der Waals surface area contributed by atoms with E-state index in [4.69, 9.17) is 16.3 Å². The molecule has 3 N–H and O–H groups in total. The highest BCUT2D eigenvalue weighted by atomic mass is 35.5. The molecule has 1 aliphatic heterocycles. The number of amides is 3. The van der Waals surface area contributed by atoms with Gasteiger partial charge in [0, 0.05) is 17.1 Å². The van der Waals surface area contributed by atoms with Crippen molar-refractivity contribution in [3.8, 4) is 16.9 Å². The highest BCUT2D eigenvalue weighted by Crippen LogP contribution is 2.39. The van der Waals surface area contributed by atoms with E-state index < -0.39 is 29.6 Å². The molecule has 10 heteroatoms. The number of benzene rings is 3. The van der Waals surface area contributed by atoms with Gasteiger partial charge in [0.15, 0.2) is 11.6 Å². The maximum absolute atomic E-state index is 15.5. The van der Waals surface area contributed by atoms with E-state index in [1.807, 2.05) is 0 Å². The zero-order valence-electron chi connectivity index (χ0n) is 18.6. The van der Waals surface area contributed by atoms with Gasteiger partial charge in [-0.05, 0) is 47.9 Å². The van der Waals surface area contributed by atoms with Gasteiger partial charge in [-0.15, -0.1) is 0 Å². The number of rotatable bonds is 6. The van der Waals surface area contributed by atoms with Crippen LogP contribution in [0.3, 0.4) is 0 Å². The third kappa shape index (κ3) is 4.91. The molecule has 3 aromatic rings. The van der Waals surface area contributed by atoms with Gasteiger partial charge < -0.3 is 25.4 Å². The van der Waals surface area contributed by atoms with Crippen molar-refractivity contribution >= 4 is 34.9 Å². The molecule has 35 heavy (non-hydrogen) atoms. The van der Waals surface area contributed by atoms with Crippen LogP contribution in [0.15, 0.2) is 54.6 Å². The topological polar surface area (TPSA) is 90.9 Å². The van der Waals surface area contributed by atoms with Crippen LogP contribution in [0.5, 0.6) is 5.75 Å². The second kappa shape index (κ2) is 10.3. The van der Waals surface area contributed by atoms with Gasteiger partial charge in [-0.25, -0.2) is 13.6 Å². The summed E-state index contributed by atoms with van der Waals surface area (Å²) < 4.78 is 34.8. The van der Waals surface area contributed by atoms with E-state index in [1.54, 1.807) is 30.3 Å². The average Bonchev–Trinajstić information content (AvgIpc) is 3.20. The molecule has 3 aromatic carbocycles. The molecule has 0 spiro atoms. The summed E-state index contributed by atoms with van der Waals surface area (Å²) in [4.78, 5) is 26.5. The molecular weight excluding hydrogens is 480 g/mol. The fraction of sp³-hybridized carbons (Fsp3) is 0.200. The predicted octanol–water partition coefficient (Wildman–Crippen LogP) is 4.71. The zero-order chi connectivity index (χ0) is 25.1. The number of carbonyl (C=O) groups is 2. The lowest BCUT2D eigenvalue weighted by molar-refractivity contribution is -0.118. The van der Waals surface area contributed by atoms with Gasteiger partial charge in [-0.1, -0.05) is 35.9 Å². The molecule has 1 aliphatic rings. The van der Waals surface area contributed by atoms with E-state index >= 15 is 4.39 Å². The first-order valence-electron chi connectivity index (χ1n) is 10.7. The van der Waals surface area contributed by atoms with Crippen molar-refractivity contribution in [1.29, 1.82) is 0 Å². The van der Waals surface area contributed by atoms with Gasteiger partial charge in [0.2, 0.25) is 5.91 Å². The number of ether oxygens (including phenoxy) is 1. The third-order valence-corrected chi connectivity index (χ3v) is 5.97. The summed E-state index contributed by atoms with van der Waals surface area (Å²) >= 11 is 5.71. The van der Waals surface area contributed by atoms with Crippen LogP contribution in [0.1, 0.15) is 12.0 Å². The molecular formula is C25H22ClF2N3O4. The molecule has 3 amide bonds. The summed E-state index contributed by atoms with van der Waals surface area (Å²) in [6, 6.07) is 12.2. The minimum Gasteiger partial charge on any atom is -0.493 e. The molecule has 1 saturated heterocycles. The lowest BCUT2D eigenvalue weighted by Gasteiger charge is -2.21. The number of nitrogens with one attached hydrogen (secondary N) is 2. The normalized spacial score (nSPS) is 15.3. The van der Waals surface area contributed by atoms with Crippen LogP contribution in [0, 0.1) is 11.6 Å². The van der Waals surface area contributed by atoms with Crippen LogP contribution in [-0.2, 0) is 11.4 Å². The van der Waals surface area contributed by atoms with E-state index in [2.05, 4.69) is 10.6 Å². The fourth-order valence-electron chi connectivity index (χ4n) is 4.05. The van der Waals surface area contributed by atoms with Crippen LogP contribution in [-0.4, -0.2) is 36.7 Å². The van der Waals surface area contributed by atoms with Crippen molar-refractivity contribution in [2.45, 2.75) is 19.1 Å². The Bertz CT molecular complexity index is 1290. The molecule has 0 radical (unpaired) electrons. The maximum atomic E-state index is 15.5. The van der Waals surface area contributed by atoms with Crippen molar-refractivity contribution in [2.75, 3.05) is 23.9 Å². The number of nitrogens with zero attached hydrogens (tertiary/aromatic N) is 1. The number of carbonyl (C=O) groups excluding carboxylic acids is 2.